The number of hydrogen-bond acceptors (Lipinski definition) is 6. The Morgan fingerprint density at radius 1 is 1.24 bits per heavy atom. The number of ether oxygens (including phenoxy) is 1. The molecule has 2 aliphatic heterocycles. The highest BCUT2D eigenvalue weighted by molar-refractivity contribution is 5.94. The average molecular weight is 440 g/mol. The summed E-state index contributed by atoms with van der Waals surface area (Å²) >= 11 is 0. The highest BCUT2D eigenvalue weighted by Gasteiger charge is 2.33. The number of anilines is 1. The Bertz CT molecular complexity index is 1220. The van der Waals surface area contributed by atoms with Crippen molar-refractivity contribution >= 4 is 11.6 Å². The van der Waals surface area contributed by atoms with E-state index < -0.39 is 5.41 Å². The molecule has 5 rings (SSSR count). The zero-order valence-corrected chi connectivity index (χ0v) is 18.5. The molecule has 3 heterocycles. The maximum absolute atomic E-state index is 12.8. The fourth-order valence-electron chi connectivity index (χ4n) is 4.45. The van der Waals surface area contributed by atoms with E-state index in [0.717, 1.165) is 29.9 Å². The number of nitriles is 1. The van der Waals surface area contributed by atoms with Crippen LogP contribution in [0.5, 0.6) is 0 Å². The second kappa shape index (κ2) is 8.64. The second-order valence-electron chi connectivity index (χ2n) is 8.91. The van der Waals surface area contributed by atoms with Crippen molar-refractivity contribution in [2.75, 3.05) is 24.6 Å². The Morgan fingerprint density at radius 2 is 2.06 bits per heavy atom. The number of aromatic nitrogens is 2. The van der Waals surface area contributed by atoms with Gasteiger partial charge in [0.2, 0.25) is 0 Å². The molecule has 0 spiro atoms. The molecule has 1 saturated heterocycles. The SMILES string of the molecule is C[C@@]1(C#N)COCc2ccc(C(=O)NCc3cc(N4CC(c5ccccc5)C4)cnn3)cc21. The maximum Gasteiger partial charge on any atom is 0.251 e. The average Bonchev–Trinajstić information content (AvgIpc) is 2.83. The smallest absolute Gasteiger partial charge is 0.251 e. The van der Waals surface area contributed by atoms with Gasteiger partial charge in [0, 0.05) is 24.6 Å². The van der Waals surface area contributed by atoms with Gasteiger partial charge in [0.25, 0.3) is 5.91 Å². The van der Waals surface area contributed by atoms with E-state index in [2.05, 4.69) is 50.7 Å². The number of amides is 1. The van der Waals surface area contributed by atoms with Gasteiger partial charge >= 0.3 is 0 Å². The van der Waals surface area contributed by atoms with Crippen LogP contribution in [0.25, 0.3) is 0 Å². The van der Waals surface area contributed by atoms with E-state index in [1.807, 2.05) is 31.2 Å². The fraction of sp³-hybridized carbons (Fsp3) is 0.308. The van der Waals surface area contributed by atoms with Crippen molar-refractivity contribution < 1.29 is 9.53 Å². The molecular weight excluding hydrogens is 414 g/mol. The first-order chi connectivity index (χ1) is 16.1. The van der Waals surface area contributed by atoms with Gasteiger partial charge in [0.05, 0.1) is 43.4 Å². The molecule has 1 N–H and O–H groups in total. The van der Waals surface area contributed by atoms with Crippen LogP contribution in [0.2, 0.25) is 0 Å². The van der Waals surface area contributed by atoms with Gasteiger partial charge in [0.1, 0.15) is 5.41 Å². The predicted octanol–water partition coefficient (Wildman–Crippen LogP) is 3.32. The molecule has 2 aromatic carbocycles. The number of rotatable bonds is 5. The van der Waals surface area contributed by atoms with E-state index in [0.29, 0.717) is 30.4 Å². The highest BCUT2D eigenvalue weighted by Crippen LogP contribution is 2.33. The number of hydrogen-bond donors (Lipinski definition) is 1. The maximum atomic E-state index is 12.8. The van der Waals surface area contributed by atoms with Crippen molar-refractivity contribution in [3.63, 3.8) is 0 Å². The Balaban J connectivity index is 1.22. The van der Waals surface area contributed by atoms with Crippen LogP contribution in [0.3, 0.4) is 0 Å². The Kier molecular flexibility index (Phi) is 5.53. The Labute approximate surface area is 193 Å². The molecule has 0 unspecified atom stereocenters. The second-order valence-corrected chi connectivity index (χ2v) is 8.91. The molecule has 1 amide bonds. The van der Waals surface area contributed by atoms with Gasteiger partial charge in [-0.05, 0) is 41.8 Å². The lowest BCUT2D eigenvalue weighted by atomic mass is 9.79. The van der Waals surface area contributed by atoms with Gasteiger partial charge in [0.15, 0.2) is 0 Å². The van der Waals surface area contributed by atoms with E-state index in [4.69, 9.17) is 4.74 Å². The highest BCUT2D eigenvalue weighted by atomic mass is 16.5. The number of fused-ring (bicyclic) bond motifs is 1. The summed E-state index contributed by atoms with van der Waals surface area (Å²) in [7, 11) is 0. The van der Waals surface area contributed by atoms with E-state index in [-0.39, 0.29) is 12.5 Å². The zero-order chi connectivity index (χ0) is 22.8. The van der Waals surface area contributed by atoms with E-state index in [1.165, 1.54) is 5.56 Å². The van der Waals surface area contributed by atoms with Crippen LogP contribution >= 0.6 is 0 Å². The largest absolute Gasteiger partial charge is 0.375 e. The van der Waals surface area contributed by atoms with Crippen molar-refractivity contribution in [2.45, 2.75) is 31.4 Å². The number of carbonyl (C=O) groups is 1. The summed E-state index contributed by atoms with van der Waals surface area (Å²) in [5.74, 6) is 0.320. The van der Waals surface area contributed by atoms with Crippen LogP contribution in [-0.2, 0) is 23.3 Å². The third kappa shape index (κ3) is 4.18. The molecule has 0 bridgehead atoms. The summed E-state index contributed by atoms with van der Waals surface area (Å²) < 4.78 is 5.54. The zero-order valence-electron chi connectivity index (χ0n) is 18.5. The van der Waals surface area contributed by atoms with Crippen molar-refractivity contribution in [1.29, 1.82) is 5.26 Å². The van der Waals surface area contributed by atoms with Crippen molar-refractivity contribution in [3.05, 3.63) is 88.7 Å². The van der Waals surface area contributed by atoms with Crippen LogP contribution in [-0.4, -0.2) is 35.8 Å². The summed E-state index contributed by atoms with van der Waals surface area (Å²) in [6, 6.07) is 20.3. The molecule has 2 aliphatic rings. The van der Waals surface area contributed by atoms with Crippen LogP contribution in [0, 0.1) is 11.3 Å². The number of nitrogens with zero attached hydrogens (tertiary/aromatic N) is 4. The van der Waals surface area contributed by atoms with Crippen molar-refractivity contribution in [1.82, 2.24) is 15.5 Å². The van der Waals surface area contributed by atoms with E-state index in [1.54, 1.807) is 12.3 Å². The summed E-state index contributed by atoms with van der Waals surface area (Å²) in [4.78, 5) is 15.1. The predicted molar refractivity (Wildman–Crippen MR) is 124 cm³/mol. The summed E-state index contributed by atoms with van der Waals surface area (Å²) in [5.41, 5.74) is 4.65. The first kappa shape index (κ1) is 21.1. The van der Waals surface area contributed by atoms with Crippen molar-refractivity contribution in [2.24, 2.45) is 0 Å². The van der Waals surface area contributed by atoms with Gasteiger partial charge in [-0.25, -0.2) is 0 Å². The van der Waals surface area contributed by atoms with Gasteiger partial charge < -0.3 is 15.0 Å². The normalized spacial score (nSPS) is 19.8. The molecule has 0 saturated carbocycles. The minimum atomic E-state index is -0.751. The van der Waals surface area contributed by atoms with E-state index >= 15 is 0 Å². The molecule has 1 atom stereocenters. The molecule has 0 aliphatic carbocycles. The number of benzene rings is 2. The molecule has 7 nitrogen and oxygen atoms in total. The van der Waals surface area contributed by atoms with Gasteiger partial charge in [-0.15, -0.1) is 0 Å². The van der Waals surface area contributed by atoms with Crippen LogP contribution in [0.4, 0.5) is 5.69 Å². The summed E-state index contributed by atoms with van der Waals surface area (Å²) in [6.45, 7) is 4.79. The molecule has 1 fully saturated rings. The molecule has 7 heteroatoms. The topological polar surface area (TPSA) is 91.1 Å². The number of nitrogens with one attached hydrogen (secondary N) is 1. The summed E-state index contributed by atoms with van der Waals surface area (Å²) in [5, 5.41) is 20.8. The van der Waals surface area contributed by atoms with Crippen molar-refractivity contribution in [3.8, 4) is 6.07 Å². The third-order valence-electron chi connectivity index (χ3n) is 6.50. The molecule has 33 heavy (non-hydrogen) atoms. The third-order valence-corrected chi connectivity index (χ3v) is 6.50. The molecule has 3 aromatic rings. The molecule has 166 valence electrons. The first-order valence-electron chi connectivity index (χ1n) is 11.1. The number of carbonyl (C=O) groups excluding carboxylic acids is 1. The lowest BCUT2D eigenvalue weighted by molar-refractivity contribution is 0.0757. The molecule has 1 aromatic heterocycles. The van der Waals surface area contributed by atoms with E-state index in [9.17, 15) is 10.1 Å². The standard InChI is InChI=1S/C26H25N5O2/c1-26(16-27)17-33-15-20-8-7-19(9-24(20)26)25(32)28-11-22-10-23(12-29-30-22)31-13-21(14-31)18-5-3-2-4-6-18/h2-10,12,21H,11,13-15,17H2,1H3,(H,28,32)/t26-/m1/s1. The molecular formula is C26H25N5O2. The Hall–Kier alpha value is -3.76. The van der Waals surface area contributed by atoms with Crippen LogP contribution in [0.1, 0.15) is 45.6 Å². The monoisotopic (exact) mass is 439 g/mol. The Morgan fingerprint density at radius 3 is 2.85 bits per heavy atom. The van der Waals surface area contributed by atoms with Gasteiger partial charge in [-0.2, -0.15) is 15.5 Å². The van der Waals surface area contributed by atoms with Crippen LogP contribution in [0.15, 0.2) is 60.8 Å². The fourth-order valence-corrected chi connectivity index (χ4v) is 4.45. The molecule has 0 radical (unpaired) electrons. The lowest BCUT2D eigenvalue weighted by Crippen LogP contribution is -2.45. The summed E-state index contributed by atoms with van der Waals surface area (Å²) in [6.07, 6.45) is 1.76. The lowest BCUT2D eigenvalue weighted by Gasteiger charge is -2.41. The minimum Gasteiger partial charge on any atom is -0.375 e. The first-order valence-corrected chi connectivity index (χ1v) is 11.1. The van der Waals surface area contributed by atoms with Gasteiger partial charge in [-0.1, -0.05) is 36.4 Å². The quantitative estimate of drug-likeness (QED) is 0.656. The van der Waals surface area contributed by atoms with Gasteiger partial charge in [-0.3, -0.25) is 4.79 Å². The minimum absolute atomic E-state index is 0.204. The van der Waals surface area contributed by atoms with Crippen LogP contribution < -0.4 is 10.2 Å².